The monoisotopic (exact) mass is 358 g/mol. The lowest BCUT2D eigenvalue weighted by Crippen LogP contribution is -2.27. The molecule has 1 saturated heterocycles. The number of hydrogen-bond donors (Lipinski definition) is 0. The van der Waals surface area contributed by atoms with E-state index in [-0.39, 0.29) is 11.1 Å². The van der Waals surface area contributed by atoms with Crippen LogP contribution in [0.3, 0.4) is 0 Å². The Morgan fingerprint density at radius 3 is 2.42 bits per heavy atom. The molecule has 4 nitrogen and oxygen atoms in total. The highest BCUT2D eigenvalue weighted by molar-refractivity contribution is 8.19. The van der Waals surface area contributed by atoms with Crippen molar-refractivity contribution in [2.45, 2.75) is 0 Å². The first-order chi connectivity index (χ1) is 11.5. The summed E-state index contributed by atoms with van der Waals surface area (Å²) in [5.41, 5.74) is 2.42. The molecule has 3 rings (SSSR count). The predicted molar refractivity (Wildman–Crippen MR) is 101 cm³/mol. The maximum Gasteiger partial charge on any atom is 0.298 e. The van der Waals surface area contributed by atoms with Crippen LogP contribution in [0.5, 0.6) is 0 Å². The fourth-order valence-corrected chi connectivity index (χ4v) is 3.35. The number of amides is 2. The molecule has 122 valence electrons. The Labute approximate surface area is 149 Å². The minimum absolute atomic E-state index is 0.321. The number of carbonyl (C=O) groups is 2. The summed E-state index contributed by atoms with van der Waals surface area (Å²) in [5, 5.41) is 0.160. The predicted octanol–water partition coefficient (Wildman–Crippen LogP) is 4.65. The van der Waals surface area contributed by atoms with E-state index in [9.17, 15) is 9.59 Å². The number of rotatable bonds is 3. The number of imide groups is 1. The number of anilines is 2. The lowest BCUT2D eigenvalue weighted by atomic mass is 10.2. The number of hydrogen-bond acceptors (Lipinski definition) is 4. The molecule has 1 heterocycles. The highest BCUT2D eigenvalue weighted by atomic mass is 35.5. The van der Waals surface area contributed by atoms with Gasteiger partial charge in [-0.05, 0) is 53.7 Å². The van der Waals surface area contributed by atoms with Crippen molar-refractivity contribution in [1.29, 1.82) is 0 Å². The third kappa shape index (κ3) is 3.32. The van der Waals surface area contributed by atoms with E-state index in [1.165, 1.54) is 0 Å². The molecular weight excluding hydrogens is 344 g/mol. The zero-order chi connectivity index (χ0) is 17.3. The number of carbonyl (C=O) groups excluding carboxylic acids is 2. The van der Waals surface area contributed by atoms with E-state index in [1.807, 2.05) is 43.3 Å². The van der Waals surface area contributed by atoms with Crippen LogP contribution in [0.2, 0.25) is 5.02 Å². The van der Waals surface area contributed by atoms with Gasteiger partial charge in [-0.3, -0.25) is 9.59 Å². The van der Waals surface area contributed by atoms with Gasteiger partial charge < -0.3 is 4.90 Å². The van der Waals surface area contributed by atoms with E-state index in [2.05, 4.69) is 0 Å². The standard InChI is InChI=1S/C18H15ClN2O2S/c1-20(2)14-8-6-12(7-9-14)10-16-17(22)21(18(23)24-16)15-5-3-4-13(19)11-15/h3-11H,1-2H3/b16-10-. The van der Waals surface area contributed by atoms with E-state index in [0.29, 0.717) is 15.6 Å². The Bertz CT molecular complexity index is 831. The lowest BCUT2D eigenvalue weighted by Gasteiger charge is -2.12. The first kappa shape index (κ1) is 16.6. The summed E-state index contributed by atoms with van der Waals surface area (Å²) in [4.78, 5) is 28.3. The third-order valence-electron chi connectivity index (χ3n) is 3.57. The van der Waals surface area contributed by atoms with E-state index in [0.717, 1.165) is 27.9 Å². The average molecular weight is 359 g/mol. The second kappa shape index (κ2) is 6.71. The van der Waals surface area contributed by atoms with Gasteiger partial charge in [0, 0.05) is 24.8 Å². The van der Waals surface area contributed by atoms with Crippen LogP contribution in [0.15, 0.2) is 53.4 Å². The van der Waals surface area contributed by atoms with Crippen LogP contribution in [0, 0.1) is 0 Å². The molecule has 0 N–H and O–H groups in total. The Balaban J connectivity index is 1.88. The molecule has 0 saturated carbocycles. The van der Waals surface area contributed by atoms with Gasteiger partial charge in [0.15, 0.2) is 0 Å². The van der Waals surface area contributed by atoms with Crippen molar-refractivity contribution in [2.75, 3.05) is 23.9 Å². The summed E-state index contributed by atoms with van der Waals surface area (Å²) >= 11 is 6.88. The van der Waals surface area contributed by atoms with E-state index in [1.54, 1.807) is 30.3 Å². The number of benzene rings is 2. The molecule has 0 aliphatic carbocycles. The molecule has 6 heteroatoms. The summed E-state index contributed by atoms with van der Waals surface area (Å²) in [7, 11) is 3.93. The van der Waals surface area contributed by atoms with Crippen LogP contribution in [-0.2, 0) is 4.79 Å². The van der Waals surface area contributed by atoms with Crippen LogP contribution < -0.4 is 9.80 Å². The van der Waals surface area contributed by atoms with Gasteiger partial charge in [-0.1, -0.05) is 29.8 Å². The molecule has 2 aromatic rings. The molecule has 0 radical (unpaired) electrons. The number of halogens is 1. The Hall–Kier alpha value is -2.24. The molecule has 0 bridgehead atoms. The Morgan fingerprint density at radius 2 is 1.79 bits per heavy atom. The van der Waals surface area contributed by atoms with Crippen molar-refractivity contribution in [1.82, 2.24) is 0 Å². The summed E-state index contributed by atoms with van der Waals surface area (Å²) in [6, 6.07) is 14.5. The van der Waals surface area contributed by atoms with Crippen molar-refractivity contribution < 1.29 is 9.59 Å². The van der Waals surface area contributed by atoms with E-state index < -0.39 is 0 Å². The first-order valence-corrected chi connectivity index (χ1v) is 8.46. The second-order valence-corrected chi connectivity index (χ2v) is 6.91. The van der Waals surface area contributed by atoms with Crippen LogP contribution >= 0.6 is 23.4 Å². The minimum atomic E-state index is -0.330. The molecule has 0 spiro atoms. The quantitative estimate of drug-likeness (QED) is 0.749. The van der Waals surface area contributed by atoms with Crippen molar-refractivity contribution in [3.8, 4) is 0 Å². The largest absolute Gasteiger partial charge is 0.378 e. The SMILES string of the molecule is CN(C)c1ccc(/C=C2\SC(=O)N(c3cccc(Cl)c3)C2=O)cc1. The van der Waals surface area contributed by atoms with Gasteiger partial charge in [0.25, 0.3) is 11.1 Å². The van der Waals surface area contributed by atoms with E-state index >= 15 is 0 Å². The van der Waals surface area contributed by atoms with Crippen LogP contribution in [0.4, 0.5) is 16.2 Å². The highest BCUT2D eigenvalue weighted by Gasteiger charge is 2.36. The maximum absolute atomic E-state index is 12.6. The van der Waals surface area contributed by atoms with Gasteiger partial charge in [0.05, 0.1) is 10.6 Å². The highest BCUT2D eigenvalue weighted by Crippen LogP contribution is 2.36. The lowest BCUT2D eigenvalue weighted by molar-refractivity contribution is -0.113. The molecular formula is C18H15ClN2O2S. The van der Waals surface area contributed by atoms with Gasteiger partial charge in [-0.2, -0.15) is 0 Å². The average Bonchev–Trinajstić information content (AvgIpc) is 2.82. The molecule has 2 amide bonds. The van der Waals surface area contributed by atoms with Gasteiger partial charge in [-0.15, -0.1) is 0 Å². The van der Waals surface area contributed by atoms with Gasteiger partial charge in [-0.25, -0.2) is 4.90 Å². The van der Waals surface area contributed by atoms with Crippen LogP contribution in [0.1, 0.15) is 5.56 Å². The zero-order valence-electron chi connectivity index (χ0n) is 13.2. The van der Waals surface area contributed by atoms with Crippen molar-refractivity contribution in [3.63, 3.8) is 0 Å². The van der Waals surface area contributed by atoms with Gasteiger partial charge >= 0.3 is 0 Å². The number of thioether (sulfide) groups is 1. The summed E-state index contributed by atoms with van der Waals surface area (Å²) in [6.07, 6.45) is 1.73. The minimum Gasteiger partial charge on any atom is -0.378 e. The Morgan fingerprint density at radius 1 is 1.08 bits per heavy atom. The maximum atomic E-state index is 12.6. The van der Waals surface area contributed by atoms with Gasteiger partial charge in [0.1, 0.15) is 0 Å². The summed E-state index contributed by atoms with van der Waals surface area (Å²) in [5.74, 6) is -0.330. The fourth-order valence-electron chi connectivity index (χ4n) is 2.33. The number of nitrogens with zero attached hydrogens (tertiary/aromatic N) is 2. The first-order valence-electron chi connectivity index (χ1n) is 7.26. The fraction of sp³-hybridized carbons (Fsp3) is 0.111. The van der Waals surface area contributed by atoms with Gasteiger partial charge in [0.2, 0.25) is 0 Å². The summed E-state index contributed by atoms with van der Waals surface area (Å²) < 4.78 is 0. The van der Waals surface area contributed by atoms with Crippen molar-refractivity contribution in [2.24, 2.45) is 0 Å². The van der Waals surface area contributed by atoms with Crippen molar-refractivity contribution >= 4 is 52.0 Å². The van der Waals surface area contributed by atoms with E-state index in [4.69, 9.17) is 11.6 Å². The molecule has 1 aliphatic heterocycles. The molecule has 1 fully saturated rings. The molecule has 1 aliphatic rings. The Kier molecular flexibility index (Phi) is 4.64. The smallest absolute Gasteiger partial charge is 0.298 e. The normalized spacial score (nSPS) is 16.1. The molecule has 0 unspecified atom stereocenters. The third-order valence-corrected chi connectivity index (χ3v) is 4.67. The summed E-state index contributed by atoms with van der Waals surface area (Å²) in [6.45, 7) is 0. The van der Waals surface area contributed by atoms with Crippen LogP contribution in [0.25, 0.3) is 6.08 Å². The second-order valence-electron chi connectivity index (χ2n) is 5.48. The van der Waals surface area contributed by atoms with Crippen LogP contribution in [-0.4, -0.2) is 25.2 Å². The topological polar surface area (TPSA) is 40.6 Å². The van der Waals surface area contributed by atoms with Crippen molar-refractivity contribution in [3.05, 3.63) is 64.0 Å². The zero-order valence-corrected chi connectivity index (χ0v) is 14.8. The molecule has 24 heavy (non-hydrogen) atoms. The molecule has 2 aromatic carbocycles. The molecule has 0 aromatic heterocycles. The molecule has 0 atom stereocenters.